The molecule has 0 aliphatic carbocycles. The van der Waals surface area contributed by atoms with Crippen LogP contribution in [0.2, 0.25) is 10.0 Å². The van der Waals surface area contributed by atoms with Gasteiger partial charge in [-0.05, 0) is 43.7 Å². The lowest BCUT2D eigenvalue weighted by Crippen LogP contribution is -2.45. The summed E-state index contributed by atoms with van der Waals surface area (Å²) in [5, 5.41) is 5.63. The lowest BCUT2D eigenvalue weighted by atomic mass is 10.1. The van der Waals surface area contributed by atoms with E-state index in [-0.39, 0.29) is 10.9 Å². The van der Waals surface area contributed by atoms with Crippen LogP contribution >= 0.6 is 23.2 Å². The topological polar surface area (TPSA) is 58.2 Å². The third-order valence-corrected chi connectivity index (χ3v) is 4.28. The summed E-state index contributed by atoms with van der Waals surface area (Å²) < 4.78 is 13.2. The number of hydrogen-bond acceptors (Lipinski definition) is 2. The van der Waals surface area contributed by atoms with E-state index in [9.17, 15) is 14.0 Å². The molecule has 7 heteroatoms. The standard InChI is InChI=1S/C18H17Cl2FN2O2/c1-10(12-7-8-16(21)15(20)9-12)22-17(24)11(2)23-18(25)13-5-3-4-6-14(13)19/h3-11H,1-2H3,(H,22,24)(H,23,25)/t10-,11-/m0/s1. The van der Waals surface area contributed by atoms with Crippen molar-refractivity contribution in [3.05, 3.63) is 69.5 Å². The van der Waals surface area contributed by atoms with Crippen LogP contribution in [0, 0.1) is 5.82 Å². The van der Waals surface area contributed by atoms with E-state index in [0.29, 0.717) is 16.1 Å². The first kappa shape index (κ1) is 19.2. The SMILES string of the molecule is C[C@H](NC(=O)c1ccccc1Cl)C(=O)N[C@@H](C)c1ccc(F)c(Cl)c1. The molecule has 2 N–H and O–H groups in total. The van der Waals surface area contributed by atoms with Gasteiger partial charge in [-0.1, -0.05) is 41.4 Å². The van der Waals surface area contributed by atoms with E-state index in [0.717, 1.165) is 0 Å². The molecule has 0 aliphatic heterocycles. The molecular formula is C18H17Cl2FN2O2. The first-order chi connectivity index (χ1) is 11.8. The van der Waals surface area contributed by atoms with Crippen molar-refractivity contribution in [3.63, 3.8) is 0 Å². The largest absolute Gasteiger partial charge is 0.348 e. The number of amides is 2. The van der Waals surface area contributed by atoms with E-state index in [2.05, 4.69) is 10.6 Å². The van der Waals surface area contributed by atoms with Gasteiger partial charge in [0.25, 0.3) is 5.91 Å². The highest BCUT2D eigenvalue weighted by molar-refractivity contribution is 6.33. The summed E-state index contributed by atoms with van der Waals surface area (Å²) in [4.78, 5) is 24.4. The maximum absolute atomic E-state index is 13.2. The molecule has 0 fully saturated rings. The van der Waals surface area contributed by atoms with Crippen molar-refractivity contribution >= 4 is 35.0 Å². The Hall–Kier alpha value is -2.11. The molecular weight excluding hydrogens is 366 g/mol. The Kier molecular flexibility index (Phi) is 6.39. The summed E-state index contributed by atoms with van der Waals surface area (Å²) in [7, 11) is 0. The number of hydrogen-bond donors (Lipinski definition) is 2. The minimum Gasteiger partial charge on any atom is -0.348 e. The van der Waals surface area contributed by atoms with Crippen LogP contribution in [0.5, 0.6) is 0 Å². The average molecular weight is 383 g/mol. The molecule has 2 aromatic rings. The summed E-state index contributed by atoms with van der Waals surface area (Å²) in [5.74, 6) is -1.34. The normalized spacial score (nSPS) is 13.0. The van der Waals surface area contributed by atoms with Crippen molar-refractivity contribution < 1.29 is 14.0 Å². The van der Waals surface area contributed by atoms with Crippen molar-refractivity contribution in [1.29, 1.82) is 0 Å². The zero-order chi connectivity index (χ0) is 18.6. The second-order valence-corrected chi connectivity index (χ2v) is 6.39. The summed E-state index contributed by atoms with van der Waals surface area (Å²) in [6.07, 6.45) is 0. The lowest BCUT2D eigenvalue weighted by molar-refractivity contribution is -0.123. The molecule has 0 saturated carbocycles. The Morgan fingerprint density at radius 2 is 1.68 bits per heavy atom. The van der Waals surface area contributed by atoms with Crippen molar-refractivity contribution in [1.82, 2.24) is 10.6 Å². The van der Waals surface area contributed by atoms with Crippen LogP contribution in [0.25, 0.3) is 0 Å². The monoisotopic (exact) mass is 382 g/mol. The third kappa shape index (κ3) is 4.94. The third-order valence-electron chi connectivity index (χ3n) is 3.66. The molecule has 0 aromatic heterocycles. The fourth-order valence-electron chi connectivity index (χ4n) is 2.19. The highest BCUT2D eigenvalue weighted by atomic mass is 35.5. The van der Waals surface area contributed by atoms with Gasteiger partial charge in [-0.3, -0.25) is 9.59 Å². The van der Waals surface area contributed by atoms with Gasteiger partial charge in [0.1, 0.15) is 11.9 Å². The van der Waals surface area contributed by atoms with Crippen LogP contribution in [0.1, 0.15) is 35.8 Å². The molecule has 2 aromatic carbocycles. The smallest absolute Gasteiger partial charge is 0.253 e. The zero-order valence-electron chi connectivity index (χ0n) is 13.6. The Balaban J connectivity index is 1.99. The van der Waals surface area contributed by atoms with Gasteiger partial charge in [-0.25, -0.2) is 4.39 Å². The van der Waals surface area contributed by atoms with Crippen LogP contribution in [0.3, 0.4) is 0 Å². The fourth-order valence-corrected chi connectivity index (χ4v) is 2.60. The van der Waals surface area contributed by atoms with E-state index in [1.54, 1.807) is 44.2 Å². The van der Waals surface area contributed by atoms with Gasteiger partial charge in [0.05, 0.1) is 21.7 Å². The van der Waals surface area contributed by atoms with Crippen LogP contribution in [0.4, 0.5) is 4.39 Å². The molecule has 132 valence electrons. The maximum Gasteiger partial charge on any atom is 0.253 e. The summed E-state index contributed by atoms with van der Waals surface area (Å²) in [6, 6.07) is 9.63. The molecule has 4 nitrogen and oxygen atoms in total. The van der Waals surface area contributed by atoms with Gasteiger partial charge in [0.15, 0.2) is 0 Å². The molecule has 0 heterocycles. The first-order valence-corrected chi connectivity index (χ1v) is 8.36. The van der Waals surface area contributed by atoms with E-state index >= 15 is 0 Å². The Labute approximate surface area is 155 Å². The van der Waals surface area contributed by atoms with Crippen molar-refractivity contribution in [2.24, 2.45) is 0 Å². The summed E-state index contributed by atoms with van der Waals surface area (Å²) in [6.45, 7) is 3.30. The fraction of sp³-hybridized carbons (Fsp3) is 0.222. The highest BCUT2D eigenvalue weighted by Crippen LogP contribution is 2.21. The highest BCUT2D eigenvalue weighted by Gasteiger charge is 2.20. The molecule has 0 saturated heterocycles. The predicted molar refractivity (Wildman–Crippen MR) is 96.3 cm³/mol. The van der Waals surface area contributed by atoms with Gasteiger partial charge in [0, 0.05) is 0 Å². The van der Waals surface area contributed by atoms with Crippen molar-refractivity contribution in [2.75, 3.05) is 0 Å². The number of carbonyl (C=O) groups is 2. The van der Waals surface area contributed by atoms with Gasteiger partial charge in [-0.15, -0.1) is 0 Å². The van der Waals surface area contributed by atoms with Crippen LogP contribution in [0.15, 0.2) is 42.5 Å². The number of halogens is 3. The summed E-state index contributed by atoms with van der Waals surface area (Å²) >= 11 is 11.7. The van der Waals surface area contributed by atoms with E-state index in [1.165, 1.54) is 12.1 Å². The Bertz CT molecular complexity index is 798. The number of carbonyl (C=O) groups excluding carboxylic acids is 2. The Morgan fingerprint density at radius 3 is 2.32 bits per heavy atom. The average Bonchev–Trinajstić information content (AvgIpc) is 2.57. The number of rotatable bonds is 5. The van der Waals surface area contributed by atoms with Crippen LogP contribution in [-0.2, 0) is 4.79 Å². The molecule has 25 heavy (non-hydrogen) atoms. The predicted octanol–water partition coefficient (Wildman–Crippen LogP) is 4.13. The molecule has 0 aliphatic rings. The summed E-state index contributed by atoms with van der Waals surface area (Å²) in [5.41, 5.74) is 0.951. The van der Waals surface area contributed by atoms with Crippen LogP contribution in [-0.4, -0.2) is 17.9 Å². The minimum absolute atomic E-state index is 0.0151. The molecule has 2 amide bonds. The lowest BCUT2D eigenvalue weighted by Gasteiger charge is -2.19. The second kappa shape index (κ2) is 8.32. The zero-order valence-corrected chi connectivity index (χ0v) is 15.2. The minimum atomic E-state index is -0.776. The van der Waals surface area contributed by atoms with E-state index < -0.39 is 23.8 Å². The van der Waals surface area contributed by atoms with Gasteiger partial charge >= 0.3 is 0 Å². The Morgan fingerprint density at radius 1 is 1.00 bits per heavy atom. The maximum atomic E-state index is 13.2. The molecule has 0 radical (unpaired) electrons. The molecule has 0 spiro atoms. The number of benzene rings is 2. The number of nitrogens with one attached hydrogen (secondary N) is 2. The van der Waals surface area contributed by atoms with Crippen LogP contribution < -0.4 is 10.6 Å². The molecule has 0 bridgehead atoms. The second-order valence-electron chi connectivity index (χ2n) is 5.58. The molecule has 2 atom stereocenters. The van der Waals surface area contributed by atoms with Crippen molar-refractivity contribution in [3.8, 4) is 0 Å². The molecule has 2 rings (SSSR count). The first-order valence-electron chi connectivity index (χ1n) is 7.60. The quantitative estimate of drug-likeness (QED) is 0.816. The van der Waals surface area contributed by atoms with Gasteiger partial charge < -0.3 is 10.6 Å². The van der Waals surface area contributed by atoms with Gasteiger partial charge in [0.2, 0.25) is 5.91 Å². The van der Waals surface area contributed by atoms with E-state index in [4.69, 9.17) is 23.2 Å². The van der Waals surface area contributed by atoms with E-state index in [1.807, 2.05) is 0 Å². The van der Waals surface area contributed by atoms with Crippen molar-refractivity contribution in [2.45, 2.75) is 25.9 Å². The van der Waals surface area contributed by atoms with Gasteiger partial charge in [-0.2, -0.15) is 0 Å². The molecule has 0 unspecified atom stereocenters.